The molecule has 0 aliphatic rings. The van der Waals surface area contributed by atoms with Crippen molar-refractivity contribution in [3.8, 4) is 10.8 Å². The van der Waals surface area contributed by atoms with Crippen molar-refractivity contribution in [1.29, 1.82) is 0 Å². The largest absolute Gasteiger partial charge is 0.422 e. The first-order valence-electron chi connectivity index (χ1n) is 6.92. The number of nitrogens with zero attached hydrogens (tertiary/aromatic N) is 2. The van der Waals surface area contributed by atoms with Gasteiger partial charge in [0.2, 0.25) is 0 Å². The average Bonchev–Trinajstić information content (AvgIpc) is 3.25. The minimum absolute atomic E-state index is 0.0871. The Morgan fingerprint density at radius 1 is 1.08 bits per heavy atom. The van der Waals surface area contributed by atoms with E-state index in [2.05, 4.69) is 15.5 Å². The highest BCUT2D eigenvalue weighted by molar-refractivity contribution is 7.13. The molecule has 0 aliphatic heterocycles. The number of hydrogen-bond acceptors (Lipinski definition) is 7. The minimum Gasteiger partial charge on any atom is -0.422 e. The van der Waals surface area contributed by atoms with Crippen LogP contribution >= 0.6 is 11.3 Å². The predicted molar refractivity (Wildman–Crippen MR) is 88.0 cm³/mol. The lowest BCUT2D eigenvalue weighted by Crippen LogP contribution is -2.20. The molecule has 3 heterocycles. The molecule has 8 heteroatoms. The van der Waals surface area contributed by atoms with Crippen LogP contribution in [0, 0.1) is 0 Å². The Hall–Kier alpha value is -3.26. The summed E-state index contributed by atoms with van der Waals surface area (Å²) in [4.78, 5) is 25.0. The van der Waals surface area contributed by atoms with E-state index in [-0.39, 0.29) is 11.6 Å². The van der Waals surface area contributed by atoms with Gasteiger partial charge in [0.25, 0.3) is 11.8 Å². The van der Waals surface area contributed by atoms with Gasteiger partial charge < -0.3 is 8.83 Å². The second-order valence-corrected chi connectivity index (χ2v) is 5.78. The van der Waals surface area contributed by atoms with Gasteiger partial charge in [0, 0.05) is 5.39 Å². The first-order valence-corrected chi connectivity index (χ1v) is 7.80. The molecule has 7 nitrogen and oxygen atoms in total. The molecule has 0 aliphatic carbocycles. The molecular formula is C16H9N3O4S. The van der Waals surface area contributed by atoms with Gasteiger partial charge in [0.15, 0.2) is 0 Å². The van der Waals surface area contributed by atoms with Crippen molar-refractivity contribution >= 4 is 34.2 Å². The fourth-order valence-corrected chi connectivity index (χ4v) is 2.80. The van der Waals surface area contributed by atoms with Crippen molar-refractivity contribution < 1.29 is 13.6 Å². The van der Waals surface area contributed by atoms with E-state index in [1.807, 2.05) is 17.5 Å². The third-order valence-electron chi connectivity index (χ3n) is 3.26. The highest BCUT2D eigenvalue weighted by atomic mass is 32.1. The van der Waals surface area contributed by atoms with Crippen LogP contribution in [-0.4, -0.2) is 16.1 Å². The molecule has 1 amide bonds. The Morgan fingerprint density at radius 2 is 1.96 bits per heavy atom. The van der Waals surface area contributed by atoms with E-state index in [0.29, 0.717) is 16.9 Å². The molecule has 24 heavy (non-hydrogen) atoms. The molecule has 1 aromatic carbocycles. The summed E-state index contributed by atoms with van der Waals surface area (Å²) in [5.74, 6) is -0.373. The van der Waals surface area contributed by atoms with Crippen LogP contribution < -0.4 is 10.9 Å². The summed E-state index contributed by atoms with van der Waals surface area (Å²) >= 11 is 1.43. The van der Waals surface area contributed by atoms with Gasteiger partial charge >= 0.3 is 11.6 Å². The van der Waals surface area contributed by atoms with E-state index in [4.69, 9.17) is 8.83 Å². The summed E-state index contributed by atoms with van der Waals surface area (Å²) in [6.07, 6.45) is 0. The van der Waals surface area contributed by atoms with E-state index >= 15 is 0 Å². The number of para-hydroxylation sites is 1. The first-order chi connectivity index (χ1) is 11.7. The van der Waals surface area contributed by atoms with Gasteiger partial charge in [-0.05, 0) is 23.6 Å². The van der Waals surface area contributed by atoms with Crippen molar-refractivity contribution in [2.24, 2.45) is 0 Å². The summed E-state index contributed by atoms with van der Waals surface area (Å²) in [7, 11) is 0. The highest BCUT2D eigenvalue weighted by Gasteiger charge is 2.17. The highest BCUT2D eigenvalue weighted by Crippen LogP contribution is 2.24. The van der Waals surface area contributed by atoms with Gasteiger partial charge in [0.1, 0.15) is 11.1 Å². The van der Waals surface area contributed by atoms with Crippen molar-refractivity contribution in [1.82, 2.24) is 10.2 Å². The molecular weight excluding hydrogens is 330 g/mol. The Kier molecular flexibility index (Phi) is 3.43. The van der Waals surface area contributed by atoms with E-state index < -0.39 is 11.5 Å². The second kappa shape index (κ2) is 5.74. The maximum Gasteiger partial charge on any atom is 0.349 e. The van der Waals surface area contributed by atoms with Crippen LogP contribution in [0.5, 0.6) is 0 Å². The molecule has 0 spiro atoms. The summed E-state index contributed by atoms with van der Waals surface area (Å²) in [6.45, 7) is 0. The topological polar surface area (TPSA) is 98.2 Å². The lowest BCUT2D eigenvalue weighted by atomic mass is 10.2. The molecule has 0 unspecified atom stereocenters. The normalized spacial score (nSPS) is 10.8. The zero-order chi connectivity index (χ0) is 16.5. The SMILES string of the molecule is O=C(Nc1nnc(-c2cccs2)o1)c1cc2ccccc2oc1=O. The molecule has 0 bridgehead atoms. The van der Waals surface area contributed by atoms with Gasteiger partial charge in [-0.2, -0.15) is 0 Å². The molecule has 0 fully saturated rings. The smallest absolute Gasteiger partial charge is 0.349 e. The minimum atomic E-state index is -0.732. The molecule has 3 aromatic heterocycles. The summed E-state index contributed by atoms with van der Waals surface area (Å²) in [5.41, 5.74) is -0.453. The van der Waals surface area contributed by atoms with Crippen LogP contribution in [0.3, 0.4) is 0 Å². The molecule has 0 saturated carbocycles. The van der Waals surface area contributed by atoms with E-state index in [1.165, 1.54) is 17.4 Å². The number of nitrogens with one attached hydrogen (secondary N) is 1. The quantitative estimate of drug-likeness (QED) is 0.576. The van der Waals surface area contributed by atoms with Gasteiger partial charge in [-0.25, -0.2) is 4.79 Å². The first kappa shape index (κ1) is 14.3. The van der Waals surface area contributed by atoms with Crippen LogP contribution in [0.2, 0.25) is 0 Å². The lowest BCUT2D eigenvalue weighted by molar-refractivity contribution is 0.102. The number of hydrogen-bond donors (Lipinski definition) is 1. The predicted octanol–water partition coefficient (Wildman–Crippen LogP) is 3.16. The van der Waals surface area contributed by atoms with Crippen LogP contribution in [0.15, 0.2) is 61.5 Å². The number of fused-ring (bicyclic) bond motifs is 1. The lowest BCUT2D eigenvalue weighted by Gasteiger charge is -2.01. The number of benzene rings is 1. The molecule has 4 rings (SSSR count). The number of rotatable bonds is 3. The monoisotopic (exact) mass is 339 g/mol. The van der Waals surface area contributed by atoms with Crippen LogP contribution in [0.25, 0.3) is 21.7 Å². The summed E-state index contributed by atoms with van der Waals surface area (Å²) in [6, 6.07) is 12.0. The molecule has 118 valence electrons. The average molecular weight is 339 g/mol. The standard InChI is InChI=1S/C16H9N3O4S/c20-13(10-8-9-4-1-2-5-11(9)22-15(10)21)17-16-19-18-14(23-16)12-6-3-7-24-12/h1-8H,(H,17,19,20). The van der Waals surface area contributed by atoms with Crippen LogP contribution in [-0.2, 0) is 0 Å². The van der Waals surface area contributed by atoms with Crippen molar-refractivity contribution in [3.05, 3.63) is 63.8 Å². The van der Waals surface area contributed by atoms with Crippen molar-refractivity contribution in [2.75, 3.05) is 5.32 Å². The maximum absolute atomic E-state index is 12.3. The Labute approximate surface area is 138 Å². The number of carbonyl (C=O) groups excluding carboxylic acids is 1. The Balaban J connectivity index is 1.63. The number of carbonyl (C=O) groups is 1. The fraction of sp³-hybridized carbons (Fsp3) is 0. The fourth-order valence-electron chi connectivity index (χ4n) is 2.16. The Morgan fingerprint density at radius 3 is 2.79 bits per heavy atom. The second-order valence-electron chi connectivity index (χ2n) is 4.83. The molecule has 4 aromatic rings. The molecule has 0 radical (unpaired) electrons. The van der Waals surface area contributed by atoms with Gasteiger partial charge in [-0.15, -0.1) is 16.4 Å². The summed E-state index contributed by atoms with van der Waals surface area (Å²) < 4.78 is 10.5. The van der Waals surface area contributed by atoms with Gasteiger partial charge in [-0.3, -0.25) is 10.1 Å². The number of thiophene rings is 1. The zero-order valence-electron chi connectivity index (χ0n) is 12.1. The zero-order valence-corrected chi connectivity index (χ0v) is 12.9. The number of anilines is 1. The number of amides is 1. The molecule has 1 N–H and O–H groups in total. The van der Waals surface area contributed by atoms with Crippen LogP contribution in [0.4, 0.5) is 6.01 Å². The number of aromatic nitrogens is 2. The van der Waals surface area contributed by atoms with E-state index in [0.717, 1.165) is 4.88 Å². The van der Waals surface area contributed by atoms with Gasteiger partial charge in [0.05, 0.1) is 4.88 Å². The summed E-state index contributed by atoms with van der Waals surface area (Å²) in [5, 5.41) is 12.5. The molecule has 0 saturated heterocycles. The Bertz CT molecular complexity index is 1080. The van der Waals surface area contributed by atoms with Gasteiger partial charge in [-0.1, -0.05) is 29.4 Å². The van der Waals surface area contributed by atoms with Crippen LogP contribution in [0.1, 0.15) is 10.4 Å². The van der Waals surface area contributed by atoms with E-state index in [1.54, 1.807) is 24.3 Å². The van der Waals surface area contributed by atoms with Crippen molar-refractivity contribution in [3.63, 3.8) is 0 Å². The molecule has 0 atom stereocenters. The third-order valence-corrected chi connectivity index (χ3v) is 4.12. The van der Waals surface area contributed by atoms with Crippen molar-refractivity contribution in [2.45, 2.75) is 0 Å². The third kappa shape index (κ3) is 2.59. The van der Waals surface area contributed by atoms with E-state index in [9.17, 15) is 9.59 Å². The maximum atomic E-state index is 12.3.